The molecule has 1 fully saturated rings. The second-order valence-corrected chi connectivity index (χ2v) is 7.70. The van der Waals surface area contributed by atoms with Gasteiger partial charge in [-0.25, -0.2) is 9.78 Å². The molecule has 1 heterocycles. The lowest BCUT2D eigenvalue weighted by Gasteiger charge is -2.16. The Morgan fingerprint density at radius 1 is 1.22 bits per heavy atom. The van der Waals surface area contributed by atoms with E-state index in [1.807, 2.05) is 24.3 Å². The molecule has 1 aliphatic carbocycles. The summed E-state index contributed by atoms with van der Waals surface area (Å²) in [6, 6.07) is 7.68. The van der Waals surface area contributed by atoms with Crippen LogP contribution in [0.25, 0.3) is 10.6 Å². The van der Waals surface area contributed by atoms with Crippen molar-refractivity contribution >= 4 is 23.2 Å². The first-order chi connectivity index (χ1) is 13.0. The van der Waals surface area contributed by atoms with Gasteiger partial charge in [-0.15, -0.1) is 11.3 Å². The van der Waals surface area contributed by atoms with E-state index in [0.717, 1.165) is 42.0 Å². The molecular formula is C20H24N2O4S. The van der Waals surface area contributed by atoms with E-state index in [1.165, 1.54) is 11.3 Å². The number of methoxy groups -OCH3 is 1. The Balaban J connectivity index is 1.65. The lowest BCUT2D eigenvalue weighted by atomic mass is 10.2. The molecule has 1 N–H and O–H groups in total. The minimum atomic E-state index is -0.830. The molecule has 1 aromatic heterocycles. The highest BCUT2D eigenvalue weighted by Crippen LogP contribution is 2.30. The molecule has 0 bridgehead atoms. The number of carbonyl (C=O) groups is 2. The summed E-state index contributed by atoms with van der Waals surface area (Å²) in [4.78, 5) is 29.6. The van der Waals surface area contributed by atoms with E-state index in [1.54, 1.807) is 21.0 Å². The summed E-state index contributed by atoms with van der Waals surface area (Å²) in [7, 11) is 1.61. The fourth-order valence-corrected chi connectivity index (χ4v) is 4.05. The number of benzene rings is 1. The molecule has 1 saturated carbocycles. The monoisotopic (exact) mass is 388 g/mol. The van der Waals surface area contributed by atoms with Gasteiger partial charge in [0.25, 0.3) is 5.91 Å². The largest absolute Gasteiger partial charge is 0.497 e. The lowest BCUT2D eigenvalue weighted by Crippen LogP contribution is -2.40. The van der Waals surface area contributed by atoms with Gasteiger partial charge in [0.1, 0.15) is 15.6 Å². The summed E-state index contributed by atoms with van der Waals surface area (Å²) in [6.45, 7) is 3.37. The number of aromatic nitrogens is 1. The van der Waals surface area contributed by atoms with E-state index in [2.05, 4.69) is 10.3 Å². The van der Waals surface area contributed by atoms with E-state index in [0.29, 0.717) is 10.6 Å². The number of hydrogen-bond donors (Lipinski definition) is 1. The molecule has 0 spiro atoms. The normalized spacial score (nSPS) is 15.4. The van der Waals surface area contributed by atoms with Crippen LogP contribution >= 0.6 is 11.3 Å². The van der Waals surface area contributed by atoms with Crippen LogP contribution in [0.4, 0.5) is 0 Å². The topological polar surface area (TPSA) is 77.5 Å². The molecule has 1 unspecified atom stereocenters. The fraction of sp³-hybridized carbons (Fsp3) is 0.450. The number of amides is 1. The van der Waals surface area contributed by atoms with Crippen LogP contribution in [0.5, 0.6) is 5.75 Å². The molecule has 27 heavy (non-hydrogen) atoms. The highest BCUT2D eigenvalue weighted by atomic mass is 32.1. The molecule has 0 aliphatic heterocycles. The first kappa shape index (κ1) is 19.4. The molecule has 0 saturated heterocycles. The Kier molecular flexibility index (Phi) is 6.11. The number of ether oxygens (including phenoxy) is 2. The van der Waals surface area contributed by atoms with Crippen molar-refractivity contribution in [2.24, 2.45) is 0 Å². The van der Waals surface area contributed by atoms with Crippen molar-refractivity contribution in [3.8, 4) is 16.3 Å². The van der Waals surface area contributed by atoms with Gasteiger partial charge in [0, 0.05) is 11.6 Å². The van der Waals surface area contributed by atoms with Crippen molar-refractivity contribution in [1.29, 1.82) is 0 Å². The second kappa shape index (κ2) is 8.52. The fourth-order valence-electron chi connectivity index (χ4n) is 3.10. The first-order valence-electron chi connectivity index (χ1n) is 9.11. The molecule has 7 heteroatoms. The van der Waals surface area contributed by atoms with Gasteiger partial charge in [-0.05, 0) is 51.0 Å². The van der Waals surface area contributed by atoms with Crippen LogP contribution in [0.3, 0.4) is 0 Å². The number of thiazole rings is 1. The van der Waals surface area contributed by atoms with Crippen molar-refractivity contribution in [2.45, 2.75) is 51.7 Å². The van der Waals surface area contributed by atoms with Gasteiger partial charge < -0.3 is 14.8 Å². The average molecular weight is 388 g/mol. The molecule has 1 amide bonds. The van der Waals surface area contributed by atoms with Gasteiger partial charge in [0.15, 0.2) is 6.10 Å². The SMILES string of the molecule is COc1ccc(-c2nc(C)c(C(=O)OC(C)C(=O)NC3CCCC3)s2)cc1. The quantitative estimate of drug-likeness (QED) is 0.763. The highest BCUT2D eigenvalue weighted by Gasteiger charge is 2.25. The summed E-state index contributed by atoms with van der Waals surface area (Å²) >= 11 is 1.26. The van der Waals surface area contributed by atoms with Crippen molar-refractivity contribution in [2.75, 3.05) is 7.11 Å². The van der Waals surface area contributed by atoms with Crippen LogP contribution in [-0.4, -0.2) is 36.1 Å². The smallest absolute Gasteiger partial charge is 0.351 e. The van der Waals surface area contributed by atoms with E-state index < -0.39 is 12.1 Å². The minimum absolute atomic E-state index is 0.200. The molecule has 6 nitrogen and oxygen atoms in total. The van der Waals surface area contributed by atoms with Crippen molar-refractivity contribution in [3.63, 3.8) is 0 Å². The van der Waals surface area contributed by atoms with Crippen LogP contribution in [-0.2, 0) is 9.53 Å². The number of esters is 1. The van der Waals surface area contributed by atoms with Crippen LogP contribution in [0, 0.1) is 6.92 Å². The lowest BCUT2D eigenvalue weighted by molar-refractivity contribution is -0.129. The number of nitrogens with zero attached hydrogens (tertiary/aromatic N) is 1. The van der Waals surface area contributed by atoms with E-state index in [-0.39, 0.29) is 11.9 Å². The zero-order valence-electron chi connectivity index (χ0n) is 15.8. The van der Waals surface area contributed by atoms with Gasteiger partial charge in [0.2, 0.25) is 0 Å². The van der Waals surface area contributed by atoms with Gasteiger partial charge in [-0.2, -0.15) is 0 Å². The van der Waals surface area contributed by atoms with Crippen LogP contribution < -0.4 is 10.1 Å². The van der Waals surface area contributed by atoms with Gasteiger partial charge in [-0.3, -0.25) is 4.79 Å². The van der Waals surface area contributed by atoms with Gasteiger partial charge in [0.05, 0.1) is 12.8 Å². The van der Waals surface area contributed by atoms with E-state index >= 15 is 0 Å². The summed E-state index contributed by atoms with van der Waals surface area (Å²) < 4.78 is 10.5. The maximum absolute atomic E-state index is 12.5. The highest BCUT2D eigenvalue weighted by molar-refractivity contribution is 7.17. The van der Waals surface area contributed by atoms with Crippen molar-refractivity contribution < 1.29 is 19.1 Å². The number of carbonyl (C=O) groups excluding carboxylic acids is 2. The maximum atomic E-state index is 12.5. The summed E-state index contributed by atoms with van der Waals surface area (Å²) in [5.74, 6) is 0.000362. The van der Waals surface area contributed by atoms with Crippen LogP contribution in [0.1, 0.15) is 48.0 Å². The van der Waals surface area contributed by atoms with Gasteiger partial charge in [-0.1, -0.05) is 12.8 Å². The summed E-state index contributed by atoms with van der Waals surface area (Å²) in [6.07, 6.45) is 3.42. The molecule has 3 rings (SSSR count). The molecule has 1 aliphatic rings. The Morgan fingerprint density at radius 3 is 2.52 bits per heavy atom. The van der Waals surface area contributed by atoms with E-state index in [4.69, 9.17) is 9.47 Å². The first-order valence-corrected chi connectivity index (χ1v) is 9.92. The Hall–Kier alpha value is -2.41. The predicted molar refractivity (Wildman–Crippen MR) is 104 cm³/mol. The van der Waals surface area contributed by atoms with Crippen molar-refractivity contribution in [1.82, 2.24) is 10.3 Å². The molecule has 1 atom stereocenters. The maximum Gasteiger partial charge on any atom is 0.351 e. The van der Waals surface area contributed by atoms with Crippen molar-refractivity contribution in [3.05, 3.63) is 34.8 Å². The number of rotatable bonds is 6. The Labute approximate surface area is 162 Å². The standard InChI is InChI=1S/C20H24N2O4S/c1-12-17(27-19(21-12)14-8-10-16(25-3)11-9-14)20(24)26-13(2)18(23)22-15-6-4-5-7-15/h8-11,13,15H,4-7H2,1-3H3,(H,22,23). The molecule has 2 aromatic rings. The number of nitrogens with one attached hydrogen (secondary N) is 1. The Morgan fingerprint density at radius 2 is 1.89 bits per heavy atom. The third kappa shape index (κ3) is 4.66. The number of hydrogen-bond acceptors (Lipinski definition) is 6. The predicted octanol–water partition coefficient (Wildman–Crippen LogP) is 3.73. The van der Waals surface area contributed by atoms with Crippen LogP contribution in [0.2, 0.25) is 0 Å². The zero-order valence-corrected chi connectivity index (χ0v) is 16.6. The minimum Gasteiger partial charge on any atom is -0.497 e. The third-order valence-electron chi connectivity index (χ3n) is 4.67. The molecule has 144 valence electrons. The third-order valence-corrected chi connectivity index (χ3v) is 5.86. The molecular weight excluding hydrogens is 364 g/mol. The van der Waals surface area contributed by atoms with Crippen LogP contribution in [0.15, 0.2) is 24.3 Å². The summed E-state index contributed by atoms with van der Waals surface area (Å²) in [5.41, 5.74) is 1.49. The second-order valence-electron chi connectivity index (χ2n) is 6.70. The number of aryl methyl sites for hydroxylation is 1. The zero-order chi connectivity index (χ0) is 19.4. The van der Waals surface area contributed by atoms with E-state index in [9.17, 15) is 9.59 Å². The van der Waals surface area contributed by atoms with Gasteiger partial charge >= 0.3 is 5.97 Å². The Bertz CT molecular complexity index is 810. The average Bonchev–Trinajstić information content (AvgIpc) is 3.31. The molecule has 0 radical (unpaired) electrons. The molecule has 1 aromatic carbocycles. The summed E-state index contributed by atoms with van der Waals surface area (Å²) in [5, 5.41) is 3.68.